The summed E-state index contributed by atoms with van der Waals surface area (Å²) in [6, 6.07) is 70.1. The van der Waals surface area contributed by atoms with Crippen LogP contribution in [-0.4, -0.2) is 9.97 Å². The molecule has 10 aromatic rings. The monoisotopic (exact) mass is 726 g/mol. The van der Waals surface area contributed by atoms with Gasteiger partial charge in [-0.3, -0.25) is 0 Å². The lowest BCUT2D eigenvalue weighted by atomic mass is 9.81. The van der Waals surface area contributed by atoms with E-state index in [2.05, 4.69) is 208 Å². The maximum Gasteiger partial charge on any atom is 0.160 e. The lowest BCUT2D eigenvalue weighted by Gasteiger charge is -2.22. The molecule has 0 spiro atoms. The lowest BCUT2D eigenvalue weighted by molar-refractivity contribution is 0.660. The van der Waals surface area contributed by atoms with Crippen molar-refractivity contribution in [1.29, 1.82) is 0 Å². The lowest BCUT2D eigenvalue weighted by Crippen LogP contribution is -2.14. The first kappa shape index (κ1) is 33.2. The number of nitrogens with zero attached hydrogens (tertiary/aromatic N) is 2. The van der Waals surface area contributed by atoms with Crippen LogP contribution in [0.1, 0.15) is 25.0 Å². The summed E-state index contributed by atoms with van der Waals surface area (Å²) in [5.74, 6) is 0.700. The number of benzene rings is 9. The van der Waals surface area contributed by atoms with Gasteiger partial charge in [-0.15, -0.1) is 0 Å². The number of hydrogen-bond donors (Lipinski definition) is 0. The minimum atomic E-state index is -0.0856. The highest BCUT2D eigenvalue weighted by atomic mass is 14.9. The molecule has 0 saturated carbocycles. The van der Waals surface area contributed by atoms with Crippen LogP contribution in [0.5, 0.6) is 0 Å². The van der Waals surface area contributed by atoms with Gasteiger partial charge in [-0.1, -0.05) is 196 Å². The fourth-order valence-corrected chi connectivity index (χ4v) is 9.31. The Hall–Kier alpha value is -7.16. The zero-order chi connectivity index (χ0) is 38.1. The van der Waals surface area contributed by atoms with Crippen molar-refractivity contribution in [3.8, 4) is 67.3 Å². The van der Waals surface area contributed by atoms with E-state index in [9.17, 15) is 0 Å². The van der Waals surface area contributed by atoms with E-state index in [1.165, 1.54) is 71.3 Å². The van der Waals surface area contributed by atoms with Crippen LogP contribution < -0.4 is 0 Å². The Labute approximate surface area is 332 Å². The summed E-state index contributed by atoms with van der Waals surface area (Å²) in [7, 11) is 0. The number of fused-ring (bicyclic) bond motifs is 7. The first-order valence-electron chi connectivity index (χ1n) is 19.7. The Morgan fingerprint density at radius 2 is 0.947 bits per heavy atom. The van der Waals surface area contributed by atoms with E-state index < -0.39 is 0 Å². The third-order valence-electron chi connectivity index (χ3n) is 12.1. The molecule has 0 radical (unpaired) electrons. The SMILES string of the molecule is CC1(C)c2ccccc2-c2c(-c3ccccc3-c3cc(-c4ccccc4)nc(-c4ccc(-c5c6ccccc6cc6c5ccc5ccccc56)cc4)n3)cccc21. The Bertz CT molecular complexity index is 3190. The van der Waals surface area contributed by atoms with E-state index in [0.29, 0.717) is 5.82 Å². The number of aromatic nitrogens is 2. The second-order valence-electron chi connectivity index (χ2n) is 15.7. The van der Waals surface area contributed by atoms with Gasteiger partial charge < -0.3 is 0 Å². The highest BCUT2D eigenvalue weighted by Gasteiger charge is 2.36. The molecule has 0 fully saturated rings. The fourth-order valence-electron chi connectivity index (χ4n) is 9.31. The van der Waals surface area contributed by atoms with Crippen LogP contribution in [0.25, 0.3) is 99.6 Å². The van der Waals surface area contributed by atoms with Crippen molar-refractivity contribution in [3.05, 3.63) is 205 Å². The van der Waals surface area contributed by atoms with Gasteiger partial charge in [0.2, 0.25) is 0 Å². The van der Waals surface area contributed by atoms with Crippen LogP contribution >= 0.6 is 0 Å². The normalized spacial score (nSPS) is 12.9. The Morgan fingerprint density at radius 3 is 1.77 bits per heavy atom. The molecule has 0 bridgehead atoms. The summed E-state index contributed by atoms with van der Waals surface area (Å²) in [4.78, 5) is 10.6. The molecule has 268 valence electrons. The molecule has 1 aliphatic rings. The quantitative estimate of drug-likeness (QED) is 0.130. The van der Waals surface area contributed by atoms with Gasteiger partial charge in [-0.25, -0.2) is 9.97 Å². The molecule has 11 rings (SSSR count). The number of rotatable bonds is 5. The van der Waals surface area contributed by atoms with Crippen molar-refractivity contribution in [3.63, 3.8) is 0 Å². The first-order chi connectivity index (χ1) is 28.0. The van der Waals surface area contributed by atoms with Crippen LogP contribution in [0.2, 0.25) is 0 Å². The molecule has 0 atom stereocenters. The van der Waals surface area contributed by atoms with Crippen LogP contribution in [0.4, 0.5) is 0 Å². The minimum Gasteiger partial charge on any atom is -0.228 e. The van der Waals surface area contributed by atoms with E-state index in [4.69, 9.17) is 9.97 Å². The molecule has 2 nitrogen and oxygen atoms in total. The Kier molecular flexibility index (Phi) is 7.55. The molecule has 1 heterocycles. The maximum absolute atomic E-state index is 5.38. The molecule has 2 heteroatoms. The fraction of sp³-hybridized carbons (Fsp3) is 0.0545. The summed E-state index contributed by atoms with van der Waals surface area (Å²) in [5.41, 5.74) is 15.0. The average Bonchev–Trinajstić information content (AvgIpc) is 3.51. The molecule has 1 aromatic heterocycles. The molecule has 0 amide bonds. The first-order valence-corrected chi connectivity index (χ1v) is 19.7. The van der Waals surface area contributed by atoms with Crippen molar-refractivity contribution < 1.29 is 0 Å². The second-order valence-corrected chi connectivity index (χ2v) is 15.7. The Morgan fingerprint density at radius 1 is 0.333 bits per heavy atom. The summed E-state index contributed by atoms with van der Waals surface area (Å²) >= 11 is 0. The van der Waals surface area contributed by atoms with Crippen molar-refractivity contribution in [2.24, 2.45) is 0 Å². The zero-order valence-corrected chi connectivity index (χ0v) is 31.9. The molecular formula is C55H38N2. The van der Waals surface area contributed by atoms with E-state index >= 15 is 0 Å². The molecule has 9 aromatic carbocycles. The molecule has 1 aliphatic carbocycles. The average molecular weight is 727 g/mol. The van der Waals surface area contributed by atoms with E-state index in [1.807, 2.05) is 0 Å². The topological polar surface area (TPSA) is 25.8 Å². The summed E-state index contributed by atoms with van der Waals surface area (Å²) in [5, 5.41) is 7.51. The standard InChI is InChI=1S/C55H38N2/c1-55(2)48-25-13-12-23-46(48)53-44(24-14-26-49(53)55)42-21-10-11-22-43(42)51-34-50(36-16-4-3-5-17-36)56-54(57-51)38-29-27-37(28-30-38)52-41-20-9-7-18-39(41)33-47-40-19-8-6-15-35(40)31-32-45(47)52/h3-34H,1-2H3. The van der Waals surface area contributed by atoms with Gasteiger partial charge in [-0.05, 0) is 89.0 Å². The van der Waals surface area contributed by atoms with Gasteiger partial charge in [0.1, 0.15) is 0 Å². The second kappa shape index (κ2) is 13.0. The molecule has 0 N–H and O–H groups in total. The predicted molar refractivity (Wildman–Crippen MR) is 239 cm³/mol. The largest absolute Gasteiger partial charge is 0.228 e. The van der Waals surface area contributed by atoms with Crippen molar-refractivity contribution in [2.75, 3.05) is 0 Å². The highest BCUT2D eigenvalue weighted by molar-refractivity contribution is 6.20. The van der Waals surface area contributed by atoms with Gasteiger partial charge in [0.25, 0.3) is 0 Å². The molecule has 0 saturated heterocycles. The zero-order valence-electron chi connectivity index (χ0n) is 31.9. The van der Waals surface area contributed by atoms with E-state index in [1.54, 1.807) is 0 Å². The maximum atomic E-state index is 5.38. The summed E-state index contributed by atoms with van der Waals surface area (Å²) in [6.45, 7) is 4.68. The van der Waals surface area contributed by atoms with Gasteiger partial charge in [0.15, 0.2) is 5.82 Å². The third-order valence-corrected chi connectivity index (χ3v) is 12.1. The molecule has 57 heavy (non-hydrogen) atoms. The van der Waals surface area contributed by atoms with Gasteiger partial charge in [-0.2, -0.15) is 0 Å². The summed E-state index contributed by atoms with van der Waals surface area (Å²) < 4.78 is 0. The van der Waals surface area contributed by atoms with Gasteiger partial charge in [0.05, 0.1) is 11.4 Å². The van der Waals surface area contributed by atoms with Gasteiger partial charge in [0, 0.05) is 22.1 Å². The molecule has 0 aliphatic heterocycles. The number of hydrogen-bond acceptors (Lipinski definition) is 2. The van der Waals surface area contributed by atoms with Crippen LogP contribution in [-0.2, 0) is 5.41 Å². The van der Waals surface area contributed by atoms with Crippen LogP contribution in [0.3, 0.4) is 0 Å². The van der Waals surface area contributed by atoms with Crippen LogP contribution in [0, 0.1) is 0 Å². The summed E-state index contributed by atoms with van der Waals surface area (Å²) in [6.07, 6.45) is 0. The smallest absolute Gasteiger partial charge is 0.160 e. The third kappa shape index (κ3) is 5.33. The molecule has 0 unspecified atom stereocenters. The minimum absolute atomic E-state index is 0.0856. The van der Waals surface area contributed by atoms with Crippen molar-refractivity contribution >= 4 is 32.3 Å². The van der Waals surface area contributed by atoms with Gasteiger partial charge >= 0.3 is 0 Å². The van der Waals surface area contributed by atoms with E-state index in [-0.39, 0.29) is 5.41 Å². The van der Waals surface area contributed by atoms with E-state index in [0.717, 1.165) is 33.6 Å². The Balaban J connectivity index is 1.08. The predicted octanol–water partition coefficient (Wildman–Crippen LogP) is 14.6. The van der Waals surface area contributed by atoms with Crippen molar-refractivity contribution in [2.45, 2.75) is 19.3 Å². The van der Waals surface area contributed by atoms with Crippen molar-refractivity contribution in [1.82, 2.24) is 9.97 Å². The highest BCUT2D eigenvalue weighted by Crippen LogP contribution is 2.53. The molecular weight excluding hydrogens is 689 g/mol. The van der Waals surface area contributed by atoms with Crippen LogP contribution in [0.15, 0.2) is 194 Å².